The molecular weight excluding hydrogens is 355 g/mol. The zero-order valence-corrected chi connectivity index (χ0v) is 14.8. The van der Waals surface area contributed by atoms with Crippen LogP contribution in [0.3, 0.4) is 0 Å². The van der Waals surface area contributed by atoms with Crippen molar-refractivity contribution < 1.29 is 22.3 Å². The van der Waals surface area contributed by atoms with Crippen LogP contribution in [0.5, 0.6) is 0 Å². The number of halogens is 1. The van der Waals surface area contributed by atoms with Gasteiger partial charge in [-0.1, -0.05) is 0 Å². The summed E-state index contributed by atoms with van der Waals surface area (Å²) >= 11 is 1.02. The van der Waals surface area contributed by atoms with Crippen LogP contribution in [0.1, 0.15) is 9.67 Å². The Morgan fingerprint density at radius 1 is 1.33 bits per heavy atom. The van der Waals surface area contributed by atoms with Crippen LogP contribution in [0.2, 0.25) is 0 Å². The van der Waals surface area contributed by atoms with Crippen molar-refractivity contribution in [2.75, 3.05) is 32.6 Å². The molecule has 1 aromatic carbocycles. The number of thiophene rings is 1. The lowest BCUT2D eigenvalue weighted by atomic mass is 10.3. The number of anilines is 1. The number of amides is 1. The summed E-state index contributed by atoms with van der Waals surface area (Å²) in [5.74, 6) is -0.857. The molecule has 2 rings (SSSR count). The number of methoxy groups -OCH3 is 1. The van der Waals surface area contributed by atoms with Gasteiger partial charge in [0.15, 0.2) is 0 Å². The van der Waals surface area contributed by atoms with Gasteiger partial charge in [-0.2, -0.15) is 4.31 Å². The van der Waals surface area contributed by atoms with E-state index in [-0.39, 0.29) is 22.9 Å². The van der Waals surface area contributed by atoms with E-state index in [1.54, 1.807) is 0 Å². The van der Waals surface area contributed by atoms with Crippen molar-refractivity contribution in [3.8, 4) is 0 Å². The third-order valence-corrected chi connectivity index (χ3v) is 6.13. The van der Waals surface area contributed by atoms with E-state index in [4.69, 9.17) is 4.74 Å². The van der Waals surface area contributed by atoms with E-state index in [0.717, 1.165) is 11.3 Å². The number of carbonyl (C=O) groups excluding carboxylic acids is 1. The molecule has 0 fully saturated rings. The Morgan fingerprint density at radius 3 is 2.62 bits per heavy atom. The normalized spacial score (nSPS) is 11.7. The standard InChI is InChI=1S/C15H17FN2O4S2/c1-18(7-8-22-2)24(20,21)13-9-14(23-10-13)15(19)17-12-5-3-11(16)4-6-12/h3-6,9-10H,7-8H2,1-2H3,(H,17,19). The van der Waals surface area contributed by atoms with Crippen molar-refractivity contribution >= 4 is 33.0 Å². The summed E-state index contributed by atoms with van der Waals surface area (Å²) in [7, 11) is -0.731. The van der Waals surface area contributed by atoms with Crippen LogP contribution in [-0.4, -0.2) is 45.9 Å². The Balaban J connectivity index is 2.11. The molecule has 0 radical (unpaired) electrons. The molecule has 0 bridgehead atoms. The predicted octanol–water partition coefficient (Wildman–Crippen LogP) is 2.41. The molecule has 0 aliphatic rings. The fourth-order valence-electron chi connectivity index (χ4n) is 1.82. The number of hydrogen-bond acceptors (Lipinski definition) is 5. The molecule has 0 unspecified atom stereocenters. The molecule has 6 nitrogen and oxygen atoms in total. The molecule has 0 spiro atoms. The van der Waals surface area contributed by atoms with Crippen LogP contribution in [0, 0.1) is 5.82 Å². The average molecular weight is 372 g/mol. The Bertz CT molecular complexity index is 803. The molecule has 1 N–H and O–H groups in total. The van der Waals surface area contributed by atoms with E-state index in [0.29, 0.717) is 5.69 Å². The summed E-state index contributed by atoms with van der Waals surface area (Å²) in [6, 6.07) is 6.63. The second-order valence-electron chi connectivity index (χ2n) is 4.93. The summed E-state index contributed by atoms with van der Waals surface area (Å²) in [5.41, 5.74) is 0.427. The van der Waals surface area contributed by atoms with Crippen LogP contribution >= 0.6 is 11.3 Å². The topological polar surface area (TPSA) is 75.7 Å². The number of nitrogens with one attached hydrogen (secondary N) is 1. The number of likely N-dealkylation sites (N-methyl/N-ethyl adjacent to an activating group) is 1. The van der Waals surface area contributed by atoms with Crippen molar-refractivity contribution in [2.45, 2.75) is 4.90 Å². The second kappa shape index (κ2) is 7.84. The lowest BCUT2D eigenvalue weighted by molar-refractivity contribution is 0.103. The molecule has 9 heteroatoms. The van der Waals surface area contributed by atoms with Gasteiger partial charge in [-0.25, -0.2) is 12.8 Å². The van der Waals surface area contributed by atoms with Crippen molar-refractivity contribution in [1.29, 1.82) is 0 Å². The zero-order valence-electron chi connectivity index (χ0n) is 13.2. The number of hydrogen-bond donors (Lipinski definition) is 1. The van der Waals surface area contributed by atoms with Crippen LogP contribution in [0.4, 0.5) is 10.1 Å². The average Bonchev–Trinajstić information content (AvgIpc) is 3.05. The van der Waals surface area contributed by atoms with Crippen LogP contribution in [0.15, 0.2) is 40.6 Å². The summed E-state index contributed by atoms with van der Waals surface area (Å²) in [6.07, 6.45) is 0. The van der Waals surface area contributed by atoms with E-state index < -0.39 is 21.7 Å². The van der Waals surface area contributed by atoms with Gasteiger partial charge in [-0.05, 0) is 30.3 Å². The van der Waals surface area contributed by atoms with Gasteiger partial charge in [0.1, 0.15) is 5.82 Å². The van der Waals surface area contributed by atoms with E-state index in [1.807, 2.05) is 0 Å². The maximum Gasteiger partial charge on any atom is 0.265 e. The molecule has 0 aliphatic carbocycles. The Hall–Kier alpha value is -1.81. The smallest absolute Gasteiger partial charge is 0.265 e. The number of carbonyl (C=O) groups is 1. The van der Waals surface area contributed by atoms with E-state index in [1.165, 1.54) is 54.2 Å². The van der Waals surface area contributed by atoms with Crippen LogP contribution < -0.4 is 5.32 Å². The van der Waals surface area contributed by atoms with Gasteiger partial charge in [0.25, 0.3) is 5.91 Å². The highest BCUT2D eigenvalue weighted by atomic mass is 32.2. The van der Waals surface area contributed by atoms with Crippen LogP contribution in [-0.2, 0) is 14.8 Å². The van der Waals surface area contributed by atoms with Crippen molar-refractivity contribution in [3.63, 3.8) is 0 Å². The minimum Gasteiger partial charge on any atom is -0.383 e. The Labute approximate surface area is 143 Å². The third-order valence-electron chi connectivity index (χ3n) is 3.22. The van der Waals surface area contributed by atoms with Crippen LogP contribution in [0.25, 0.3) is 0 Å². The maximum atomic E-state index is 12.9. The van der Waals surface area contributed by atoms with Gasteiger partial charge in [0.05, 0.1) is 16.4 Å². The van der Waals surface area contributed by atoms with Gasteiger partial charge >= 0.3 is 0 Å². The van der Waals surface area contributed by atoms with E-state index in [2.05, 4.69) is 5.32 Å². The molecule has 130 valence electrons. The fraction of sp³-hybridized carbons (Fsp3) is 0.267. The minimum absolute atomic E-state index is 0.0513. The lowest BCUT2D eigenvalue weighted by Crippen LogP contribution is -2.29. The largest absolute Gasteiger partial charge is 0.383 e. The molecule has 0 saturated heterocycles. The predicted molar refractivity (Wildman–Crippen MR) is 90.4 cm³/mol. The van der Waals surface area contributed by atoms with Gasteiger partial charge in [0.2, 0.25) is 10.0 Å². The number of benzene rings is 1. The van der Waals surface area contributed by atoms with Crippen molar-refractivity contribution in [2.24, 2.45) is 0 Å². The summed E-state index contributed by atoms with van der Waals surface area (Å²) in [4.78, 5) is 12.5. The molecule has 1 aromatic heterocycles. The van der Waals surface area contributed by atoms with Gasteiger partial charge in [-0.3, -0.25) is 4.79 Å². The highest BCUT2D eigenvalue weighted by molar-refractivity contribution is 7.89. The number of nitrogens with zero attached hydrogens (tertiary/aromatic N) is 1. The summed E-state index contributed by atoms with van der Waals surface area (Å²) < 4.78 is 43.6. The first-order valence-corrected chi connectivity index (χ1v) is 9.27. The first kappa shape index (κ1) is 18.5. The summed E-state index contributed by atoms with van der Waals surface area (Å²) in [6.45, 7) is 0.490. The Morgan fingerprint density at radius 2 is 2.00 bits per heavy atom. The minimum atomic E-state index is -3.67. The zero-order chi connectivity index (χ0) is 17.7. The second-order valence-corrected chi connectivity index (χ2v) is 7.88. The molecule has 24 heavy (non-hydrogen) atoms. The molecule has 0 saturated carbocycles. The molecular formula is C15H17FN2O4S2. The maximum absolute atomic E-state index is 12.9. The third kappa shape index (κ3) is 4.38. The number of ether oxygens (including phenoxy) is 1. The fourth-order valence-corrected chi connectivity index (χ4v) is 4.13. The van der Waals surface area contributed by atoms with Gasteiger partial charge in [0, 0.05) is 31.8 Å². The Kier molecular flexibility index (Phi) is 6.05. The first-order chi connectivity index (χ1) is 11.3. The summed E-state index contributed by atoms with van der Waals surface area (Å²) in [5, 5.41) is 4.00. The van der Waals surface area contributed by atoms with E-state index in [9.17, 15) is 17.6 Å². The highest BCUT2D eigenvalue weighted by Gasteiger charge is 2.23. The number of sulfonamides is 1. The van der Waals surface area contributed by atoms with Crippen molar-refractivity contribution in [1.82, 2.24) is 4.31 Å². The van der Waals surface area contributed by atoms with Gasteiger partial charge < -0.3 is 10.1 Å². The molecule has 0 aliphatic heterocycles. The van der Waals surface area contributed by atoms with Crippen molar-refractivity contribution in [3.05, 3.63) is 46.4 Å². The highest BCUT2D eigenvalue weighted by Crippen LogP contribution is 2.23. The molecule has 1 heterocycles. The van der Waals surface area contributed by atoms with Gasteiger partial charge in [-0.15, -0.1) is 11.3 Å². The lowest BCUT2D eigenvalue weighted by Gasteiger charge is -2.15. The monoisotopic (exact) mass is 372 g/mol. The van der Waals surface area contributed by atoms with E-state index >= 15 is 0 Å². The molecule has 1 amide bonds. The molecule has 0 atom stereocenters. The quantitative estimate of drug-likeness (QED) is 0.810. The first-order valence-electron chi connectivity index (χ1n) is 6.95. The number of rotatable bonds is 7. The SMILES string of the molecule is COCCN(C)S(=O)(=O)c1csc(C(=O)Nc2ccc(F)cc2)c1. The molecule has 2 aromatic rings.